The van der Waals surface area contributed by atoms with Gasteiger partial charge in [-0.1, -0.05) is 61.2 Å². The van der Waals surface area contributed by atoms with Crippen molar-refractivity contribution >= 4 is 23.3 Å². The number of fused-ring (bicyclic) bond motifs is 1. The first kappa shape index (κ1) is 20.9. The van der Waals surface area contributed by atoms with E-state index in [2.05, 4.69) is 22.5 Å². The molecule has 0 saturated carbocycles. The average molecular weight is 425 g/mol. The van der Waals surface area contributed by atoms with E-state index in [1.54, 1.807) is 19.1 Å². The third-order valence-corrected chi connectivity index (χ3v) is 5.00. The summed E-state index contributed by atoms with van der Waals surface area (Å²) in [5.41, 5.74) is 4.42. The molecule has 6 nitrogen and oxygen atoms in total. The van der Waals surface area contributed by atoms with Gasteiger partial charge in [0.25, 0.3) is 5.91 Å². The van der Waals surface area contributed by atoms with E-state index < -0.39 is 5.97 Å². The molecule has 6 heteroatoms. The van der Waals surface area contributed by atoms with Crippen LogP contribution in [0.4, 0.5) is 11.4 Å². The van der Waals surface area contributed by atoms with Crippen LogP contribution in [0.15, 0.2) is 103 Å². The van der Waals surface area contributed by atoms with Crippen LogP contribution in [0.25, 0.3) is 11.1 Å². The molecule has 160 valence electrons. The lowest BCUT2D eigenvalue weighted by molar-refractivity contribution is -0.138. The smallest absolute Gasteiger partial charge is 0.343 e. The number of carbonyl (C=O) groups is 2. The SMILES string of the molecule is C=C1Nc2ccccc2NC(NC(=O)c2ccc(-c3ccccc3)cc2)=C1C(=O)OCC. The van der Waals surface area contributed by atoms with Crippen molar-refractivity contribution < 1.29 is 14.3 Å². The molecule has 3 aromatic rings. The summed E-state index contributed by atoms with van der Waals surface area (Å²) in [6, 6.07) is 24.6. The van der Waals surface area contributed by atoms with Gasteiger partial charge >= 0.3 is 5.97 Å². The van der Waals surface area contributed by atoms with Crippen LogP contribution in [-0.2, 0) is 9.53 Å². The molecule has 3 N–H and O–H groups in total. The number of carbonyl (C=O) groups excluding carboxylic acids is 2. The van der Waals surface area contributed by atoms with Gasteiger partial charge in [0.1, 0.15) is 11.4 Å². The molecule has 4 rings (SSSR count). The molecule has 0 atom stereocenters. The Labute approximate surface area is 186 Å². The second-order valence-corrected chi connectivity index (χ2v) is 7.14. The van der Waals surface area contributed by atoms with Crippen molar-refractivity contribution in [1.29, 1.82) is 0 Å². The van der Waals surface area contributed by atoms with Gasteiger partial charge in [-0.25, -0.2) is 4.79 Å². The molecule has 0 fully saturated rings. The molecule has 1 aliphatic heterocycles. The van der Waals surface area contributed by atoms with Crippen LogP contribution in [-0.4, -0.2) is 18.5 Å². The van der Waals surface area contributed by atoms with Crippen LogP contribution in [0.3, 0.4) is 0 Å². The molecule has 0 bridgehead atoms. The predicted molar refractivity (Wildman–Crippen MR) is 126 cm³/mol. The lowest BCUT2D eigenvalue weighted by Gasteiger charge is -2.15. The second-order valence-electron chi connectivity index (χ2n) is 7.14. The summed E-state index contributed by atoms with van der Waals surface area (Å²) in [5.74, 6) is -0.732. The average Bonchev–Trinajstić information content (AvgIpc) is 2.95. The fraction of sp³-hybridized carbons (Fsp3) is 0.0769. The fourth-order valence-electron chi connectivity index (χ4n) is 3.43. The number of nitrogens with one attached hydrogen (secondary N) is 3. The van der Waals surface area contributed by atoms with E-state index in [0.717, 1.165) is 16.8 Å². The highest BCUT2D eigenvalue weighted by Gasteiger charge is 2.26. The van der Waals surface area contributed by atoms with E-state index in [4.69, 9.17) is 4.74 Å². The number of anilines is 2. The Morgan fingerprint density at radius 3 is 2.09 bits per heavy atom. The van der Waals surface area contributed by atoms with E-state index in [-0.39, 0.29) is 23.9 Å². The molecule has 1 aliphatic rings. The number of hydrogen-bond donors (Lipinski definition) is 3. The number of benzene rings is 3. The van der Waals surface area contributed by atoms with Gasteiger partial charge in [-0.2, -0.15) is 0 Å². The minimum absolute atomic E-state index is 0.136. The first-order valence-electron chi connectivity index (χ1n) is 10.3. The zero-order chi connectivity index (χ0) is 22.5. The van der Waals surface area contributed by atoms with Crippen molar-refractivity contribution in [2.75, 3.05) is 17.2 Å². The normalized spacial score (nSPS) is 12.7. The van der Waals surface area contributed by atoms with E-state index in [0.29, 0.717) is 16.9 Å². The van der Waals surface area contributed by atoms with Gasteiger partial charge in [0.2, 0.25) is 0 Å². The van der Waals surface area contributed by atoms with Crippen molar-refractivity contribution in [1.82, 2.24) is 5.32 Å². The van der Waals surface area contributed by atoms with Crippen molar-refractivity contribution in [2.45, 2.75) is 6.92 Å². The van der Waals surface area contributed by atoms with Gasteiger partial charge in [-0.3, -0.25) is 4.79 Å². The maximum Gasteiger partial charge on any atom is 0.343 e. The minimum Gasteiger partial charge on any atom is -0.462 e. The summed E-state index contributed by atoms with van der Waals surface area (Å²) in [6.45, 7) is 5.89. The summed E-state index contributed by atoms with van der Waals surface area (Å²) < 4.78 is 5.20. The molecule has 3 aromatic carbocycles. The van der Waals surface area contributed by atoms with E-state index in [9.17, 15) is 9.59 Å². The van der Waals surface area contributed by atoms with Gasteiger partial charge in [0.05, 0.1) is 18.0 Å². The molecular weight excluding hydrogens is 402 g/mol. The quantitative estimate of drug-likeness (QED) is 0.506. The van der Waals surface area contributed by atoms with Crippen LogP contribution in [0.1, 0.15) is 17.3 Å². The Hall–Kier alpha value is -4.32. The highest BCUT2D eigenvalue weighted by molar-refractivity contribution is 6.01. The monoisotopic (exact) mass is 425 g/mol. The third kappa shape index (κ3) is 4.39. The summed E-state index contributed by atoms with van der Waals surface area (Å²) in [7, 11) is 0. The zero-order valence-electron chi connectivity index (χ0n) is 17.6. The van der Waals surface area contributed by atoms with Gasteiger partial charge < -0.3 is 20.7 Å². The molecule has 1 amide bonds. The van der Waals surface area contributed by atoms with Crippen molar-refractivity contribution in [3.05, 3.63) is 108 Å². The minimum atomic E-state index is -0.583. The molecule has 0 spiro atoms. The molecule has 1 heterocycles. The molecule has 0 unspecified atom stereocenters. The van der Waals surface area contributed by atoms with Crippen LogP contribution >= 0.6 is 0 Å². The van der Waals surface area contributed by atoms with E-state index >= 15 is 0 Å². The third-order valence-electron chi connectivity index (χ3n) is 5.00. The van der Waals surface area contributed by atoms with Crippen LogP contribution in [0.2, 0.25) is 0 Å². The number of esters is 1. The number of rotatable bonds is 5. The van der Waals surface area contributed by atoms with Gasteiger partial charge in [0.15, 0.2) is 0 Å². The highest BCUT2D eigenvalue weighted by atomic mass is 16.5. The lowest BCUT2D eigenvalue weighted by atomic mass is 10.0. The van der Waals surface area contributed by atoms with Crippen molar-refractivity contribution in [3.63, 3.8) is 0 Å². The molecule has 0 radical (unpaired) electrons. The number of ether oxygens (including phenoxy) is 1. The maximum atomic E-state index is 13.0. The first-order chi connectivity index (χ1) is 15.6. The van der Waals surface area contributed by atoms with Gasteiger partial charge in [-0.15, -0.1) is 0 Å². The topological polar surface area (TPSA) is 79.5 Å². The van der Waals surface area contributed by atoms with Gasteiger partial charge in [-0.05, 0) is 42.3 Å². The highest BCUT2D eigenvalue weighted by Crippen LogP contribution is 2.30. The van der Waals surface area contributed by atoms with Crippen LogP contribution in [0.5, 0.6) is 0 Å². The lowest BCUT2D eigenvalue weighted by Crippen LogP contribution is -2.30. The Morgan fingerprint density at radius 1 is 0.844 bits per heavy atom. The van der Waals surface area contributed by atoms with Crippen molar-refractivity contribution in [2.24, 2.45) is 0 Å². The number of amides is 1. The predicted octanol–water partition coefficient (Wildman–Crippen LogP) is 4.91. The fourth-order valence-corrected chi connectivity index (χ4v) is 3.43. The molecule has 32 heavy (non-hydrogen) atoms. The summed E-state index contributed by atoms with van der Waals surface area (Å²) in [6.07, 6.45) is 0. The van der Waals surface area contributed by atoms with Crippen molar-refractivity contribution in [3.8, 4) is 11.1 Å². The Morgan fingerprint density at radius 2 is 1.44 bits per heavy atom. The summed E-state index contributed by atoms with van der Waals surface area (Å²) in [5, 5.41) is 9.08. The molecule has 0 saturated heterocycles. The summed E-state index contributed by atoms with van der Waals surface area (Å²) >= 11 is 0. The molecule has 0 aliphatic carbocycles. The van der Waals surface area contributed by atoms with Crippen LogP contribution in [0, 0.1) is 0 Å². The molecular formula is C26H23N3O3. The largest absolute Gasteiger partial charge is 0.462 e. The zero-order valence-corrected chi connectivity index (χ0v) is 17.6. The summed E-state index contributed by atoms with van der Waals surface area (Å²) in [4.78, 5) is 25.7. The Balaban J connectivity index is 1.64. The Kier molecular flexibility index (Phi) is 6.03. The standard InChI is InChI=1S/C26H23N3O3/c1-3-32-26(31)23-17(2)27-21-11-7-8-12-22(21)28-24(23)29-25(30)20-15-13-19(14-16-20)18-9-5-4-6-10-18/h4-16,27-28H,2-3H2,1H3,(H,29,30). The van der Waals surface area contributed by atoms with Crippen LogP contribution < -0.4 is 16.0 Å². The second kappa shape index (κ2) is 9.22. The Bertz CT molecular complexity index is 1200. The number of hydrogen-bond acceptors (Lipinski definition) is 5. The van der Waals surface area contributed by atoms with E-state index in [1.165, 1.54) is 0 Å². The first-order valence-corrected chi connectivity index (χ1v) is 10.3. The number of para-hydroxylation sites is 2. The molecule has 0 aromatic heterocycles. The van der Waals surface area contributed by atoms with Gasteiger partial charge in [0, 0.05) is 11.3 Å². The van der Waals surface area contributed by atoms with E-state index in [1.807, 2.05) is 66.7 Å². The maximum absolute atomic E-state index is 13.0.